The number of fused-ring (bicyclic) bond motifs is 2. The van der Waals surface area contributed by atoms with Gasteiger partial charge in [-0.3, -0.25) is 9.18 Å². The second kappa shape index (κ2) is 8.69. The summed E-state index contributed by atoms with van der Waals surface area (Å²) in [6.45, 7) is 8.32. The van der Waals surface area contributed by atoms with Crippen LogP contribution in [0.15, 0.2) is 41.3 Å². The zero-order chi connectivity index (χ0) is 26.8. The van der Waals surface area contributed by atoms with E-state index in [0.29, 0.717) is 18.5 Å². The van der Waals surface area contributed by atoms with Crippen LogP contribution in [0.5, 0.6) is 0 Å². The lowest BCUT2D eigenvalue weighted by atomic mass is 9.85. The van der Waals surface area contributed by atoms with Crippen molar-refractivity contribution in [1.29, 1.82) is 0 Å². The van der Waals surface area contributed by atoms with Gasteiger partial charge in [0.2, 0.25) is 5.95 Å². The molecule has 4 heterocycles. The fourth-order valence-electron chi connectivity index (χ4n) is 5.44. The molecule has 0 radical (unpaired) electrons. The van der Waals surface area contributed by atoms with Crippen LogP contribution in [-0.2, 0) is 17.4 Å². The summed E-state index contributed by atoms with van der Waals surface area (Å²) in [5.41, 5.74) is 2.91. The fourth-order valence-corrected chi connectivity index (χ4v) is 5.44. The molecule has 1 aromatic carbocycles. The van der Waals surface area contributed by atoms with E-state index in [1.165, 1.54) is 38.8 Å². The molecule has 0 spiro atoms. The van der Waals surface area contributed by atoms with E-state index in [0.717, 1.165) is 18.7 Å². The lowest BCUT2D eigenvalue weighted by Gasteiger charge is -2.34. The molecular formula is C28H31F2N7O. The average Bonchev–Trinajstić information content (AvgIpc) is 3.63. The topological polar surface area (TPSA) is 89.7 Å². The highest BCUT2D eigenvalue weighted by Gasteiger charge is 2.46. The first-order chi connectivity index (χ1) is 18.1. The summed E-state index contributed by atoms with van der Waals surface area (Å²) in [5, 5.41) is 7.03. The summed E-state index contributed by atoms with van der Waals surface area (Å²) in [6, 6.07) is 8.67. The number of benzene rings is 1. The lowest BCUT2D eigenvalue weighted by molar-refractivity contribution is 0.382. The van der Waals surface area contributed by atoms with Crippen molar-refractivity contribution in [2.75, 3.05) is 18.5 Å². The number of pyridine rings is 1. The van der Waals surface area contributed by atoms with E-state index in [2.05, 4.69) is 51.6 Å². The van der Waals surface area contributed by atoms with E-state index in [4.69, 9.17) is 0 Å². The van der Waals surface area contributed by atoms with Crippen LogP contribution in [-0.4, -0.2) is 37.5 Å². The van der Waals surface area contributed by atoms with Gasteiger partial charge in [-0.1, -0.05) is 6.07 Å². The van der Waals surface area contributed by atoms with Crippen molar-refractivity contribution in [3.8, 4) is 5.82 Å². The molecule has 1 aliphatic carbocycles. The van der Waals surface area contributed by atoms with Crippen LogP contribution >= 0.6 is 0 Å². The number of hydrogen-bond acceptors (Lipinski definition) is 6. The second-order valence-electron chi connectivity index (χ2n) is 11.2. The number of nitrogens with zero attached hydrogens (tertiary/aromatic N) is 5. The second-order valence-corrected chi connectivity index (χ2v) is 11.2. The predicted octanol–water partition coefficient (Wildman–Crippen LogP) is 4.82. The summed E-state index contributed by atoms with van der Waals surface area (Å²) < 4.78 is 31.9. The van der Waals surface area contributed by atoms with Crippen molar-refractivity contribution >= 4 is 22.7 Å². The highest BCUT2D eigenvalue weighted by molar-refractivity contribution is 5.77. The predicted molar refractivity (Wildman–Crippen MR) is 143 cm³/mol. The van der Waals surface area contributed by atoms with Gasteiger partial charge in [0.15, 0.2) is 17.3 Å². The van der Waals surface area contributed by atoms with E-state index in [9.17, 15) is 9.18 Å². The monoisotopic (exact) mass is 519 g/mol. The molecular weight excluding hydrogens is 488 g/mol. The Labute approximate surface area is 219 Å². The molecule has 2 aliphatic rings. The Morgan fingerprint density at radius 1 is 1.16 bits per heavy atom. The van der Waals surface area contributed by atoms with Gasteiger partial charge in [0.05, 0.1) is 5.69 Å². The Balaban J connectivity index is 1.47. The Morgan fingerprint density at radius 2 is 1.95 bits per heavy atom. The van der Waals surface area contributed by atoms with Crippen molar-refractivity contribution in [1.82, 2.24) is 29.6 Å². The first-order valence-corrected chi connectivity index (χ1v) is 13.0. The first-order valence-electron chi connectivity index (χ1n) is 13.0. The van der Waals surface area contributed by atoms with Crippen LogP contribution in [0.1, 0.15) is 63.4 Å². The third-order valence-electron chi connectivity index (χ3n) is 7.79. The number of anilines is 2. The number of hydrogen-bond donors (Lipinski definition) is 2. The van der Waals surface area contributed by atoms with Crippen molar-refractivity contribution < 1.29 is 8.78 Å². The first kappa shape index (κ1) is 24.7. The molecule has 0 amide bonds. The molecule has 3 aromatic heterocycles. The van der Waals surface area contributed by atoms with Crippen LogP contribution in [0, 0.1) is 5.82 Å². The maximum Gasteiger partial charge on any atom is 0.278 e. The van der Waals surface area contributed by atoms with Crippen LogP contribution in [0.3, 0.4) is 0 Å². The molecule has 0 unspecified atom stereocenters. The van der Waals surface area contributed by atoms with Gasteiger partial charge in [0.1, 0.15) is 12.1 Å². The smallest absolute Gasteiger partial charge is 0.278 e. The van der Waals surface area contributed by atoms with Gasteiger partial charge < -0.3 is 10.6 Å². The van der Waals surface area contributed by atoms with Gasteiger partial charge in [0.25, 0.3) is 5.56 Å². The third-order valence-corrected chi connectivity index (χ3v) is 7.79. The molecule has 10 heteroatoms. The molecule has 1 fully saturated rings. The number of alkyl halides is 1. The Morgan fingerprint density at radius 3 is 2.66 bits per heavy atom. The molecule has 0 bridgehead atoms. The largest absolute Gasteiger partial charge is 0.324 e. The Bertz CT molecular complexity index is 1620. The van der Waals surface area contributed by atoms with Gasteiger partial charge in [-0.25, -0.2) is 23.7 Å². The summed E-state index contributed by atoms with van der Waals surface area (Å²) in [7, 11) is 0. The molecule has 198 valence electrons. The van der Waals surface area contributed by atoms with Gasteiger partial charge in [0, 0.05) is 28.9 Å². The standard InChI is InChI=1S/C28H31F2N7O/c1-16(2)36-25(38)19-14-31-26(33-18-5-6-20-17(13-18)9-12-32-27(20,3)4)35-23(19)37(36)24-21(30)7-8-22(34-24)28(15-29)10-11-28/h5-8,13-14,16,32H,9-12,15H2,1-4H3,(H,31,33,35). The van der Waals surface area contributed by atoms with Gasteiger partial charge in [-0.05, 0) is 88.9 Å². The highest BCUT2D eigenvalue weighted by Crippen LogP contribution is 2.48. The van der Waals surface area contributed by atoms with Crippen molar-refractivity contribution in [2.45, 2.75) is 64.0 Å². The fraction of sp³-hybridized carbons (Fsp3) is 0.429. The molecule has 1 saturated carbocycles. The van der Waals surface area contributed by atoms with Crippen LogP contribution in [0.25, 0.3) is 16.9 Å². The number of nitrogens with one attached hydrogen (secondary N) is 2. The summed E-state index contributed by atoms with van der Waals surface area (Å²) >= 11 is 0. The number of rotatable bonds is 6. The summed E-state index contributed by atoms with van der Waals surface area (Å²) in [5.74, 6) is -0.413. The molecule has 4 aromatic rings. The maximum absolute atomic E-state index is 15.3. The minimum absolute atomic E-state index is 0.0730. The summed E-state index contributed by atoms with van der Waals surface area (Å²) in [6.07, 6.45) is 3.69. The molecule has 0 atom stereocenters. The Kier molecular flexibility index (Phi) is 5.64. The molecule has 8 nitrogen and oxygen atoms in total. The quantitative estimate of drug-likeness (QED) is 0.380. The normalized spacial score (nSPS) is 17.6. The molecule has 38 heavy (non-hydrogen) atoms. The van der Waals surface area contributed by atoms with E-state index in [1.807, 2.05) is 19.9 Å². The van der Waals surface area contributed by atoms with Crippen molar-refractivity contribution in [3.05, 3.63) is 69.5 Å². The lowest BCUT2D eigenvalue weighted by Crippen LogP contribution is -2.42. The zero-order valence-electron chi connectivity index (χ0n) is 22.0. The van der Waals surface area contributed by atoms with E-state index in [-0.39, 0.29) is 39.9 Å². The number of aromatic nitrogens is 5. The highest BCUT2D eigenvalue weighted by atomic mass is 19.1. The van der Waals surface area contributed by atoms with Gasteiger partial charge in [-0.15, -0.1) is 0 Å². The van der Waals surface area contributed by atoms with Crippen LogP contribution in [0.2, 0.25) is 0 Å². The van der Waals surface area contributed by atoms with Crippen molar-refractivity contribution in [3.63, 3.8) is 0 Å². The molecule has 1 aliphatic heterocycles. The Hall–Kier alpha value is -3.66. The van der Waals surface area contributed by atoms with Crippen LogP contribution in [0.4, 0.5) is 20.4 Å². The minimum atomic E-state index is -0.674. The SMILES string of the molecule is CC(C)n1c(=O)c2cnc(Nc3ccc4c(c3)CCNC4(C)C)nc2n1-c1nc(C2(CF)CC2)ccc1F. The third kappa shape index (κ3) is 3.89. The van der Waals surface area contributed by atoms with E-state index in [1.54, 1.807) is 0 Å². The van der Waals surface area contributed by atoms with Crippen LogP contribution < -0.4 is 16.2 Å². The van der Waals surface area contributed by atoms with Gasteiger partial charge in [-0.2, -0.15) is 4.98 Å². The average molecular weight is 520 g/mol. The van der Waals surface area contributed by atoms with Crippen molar-refractivity contribution in [2.24, 2.45) is 0 Å². The maximum atomic E-state index is 15.3. The van der Waals surface area contributed by atoms with E-state index >= 15 is 4.39 Å². The minimum Gasteiger partial charge on any atom is -0.324 e. The van der Waals surface area contributed by atoms with E-state index < -0.39 is 17.9 Å². The summed E-state index contributed by atoms with van der Waals surface area (Å²) in [4.78, 5) is 26.9. The zero-order valence-corrected chi connectivity index (χ0v) is 22.0. The molecule has 2 N–H and O–H groups in total. The molecule has 6 rings (SSSR count). The molecule has 0 saturated heterocycles. The van der Waals surface area contributed by atoms with Gasteiger partial charge >= 0.3 is 0 Å². The number of halogens is 2.